The summed E-state index contributed by atoms with van der Waals surface area (Å²) in [6, 6.07) is 67.1. The molecule has 1 aromatic heterocycles. The number of para-hydroxylation sites is 2. The van der Waals surface area contributed by atoms with E-state index in [-0.39, 0.29) is 5.41 Å². The van der Waals surface area contributed by atoms with E-state index in [1.807, 2.05) is 23.1 Å². The predicted octanol–water partition coefficient (Wildman–Crippen LogP) is 15.4. The quantitative estimate of drug-likeness (QED) is 0.173. The molecule has 11 rings (SSSR count). The fraction of sp³-hybridized carbons (Fsp3) is 0.0588. The standard InChI is InChI=1S/C51H36N2S2/c1-51(2)43-19-8-6-15-39(43)40-29-27-36(31-44(40)51)52(35-25-23-33(24-26-35)38-17-12-18-42-41-16-7-10-21-47(41)55-50(38)42)37-28-30-46-49(32-37)54-48-22-11-9-20-45(48)53(46)34-13-4-3-5-14-34/h3-32H,1-2H3. The molecule has 55 heavy (non-hydrogen) atoms. The molecular weight excluding hydrogens is 705 g/mol. The summed E-state index contributed by atoms with van der Waals surface area (Å²) in [5.41, 5.74) is 14.8. The van der Waals surface area contributed by atoms with Gasteiger partial charge in [0.1, 0.15) is 0 Å². The first kappa shape index (κ1) is 32.4. The smallest absolute Gasteiger partial charge is 0.0603 e. The molecule has 9 aromatic rings. The van der Waals surface area contributed by atoms with Crippen LogP contribution in [-0.2, 0) is 5.41 Å². The topological polar surface area (TPSA) is 6.48 Å². The molecule has 0 saturated carbocycles. The highest BCUT2D eigenvalue weighted by molar-refractivity contribution is 7.99. The molecule has 0 atom stereocenters. The van der Waals surface area contributed by atoms with E-state index in [4.69, 9.17) is 0 Å². The average Bonchev–Trinajstić information content (AvgIpc) is 3.72. The number of hydrogen-bond donors (Lipinski definition) is 0. The van der Waals surface area contributed by atoms with Gasteiger partial charge in [-0.1, -0.05) is 135 Å². The van der Waals surface area contributed by atoms with Crippen molar-refractivity contribution in [2.45, 2.75) is 29.1 Å². The second kappa shape index (κ2) is 12.5. The van der Waals surface area contributed by atoms with Gasteiger partial charge in [0.05, 0.1) is 11.4 Å². The molecule has 0 amide bonds. The van der Waals surface area contributed by atoms with E-state index in [1.54, 1.807) is 0 Å². The second-order valence-corrected chi connectivity index (χ2v) is 17.1. The normalized spacial score (nSPS) is 13.7. The van der Waals surface area contributed by atoms with Crippen LogP contribution in [0.25, 0.3) is 42.4 Å². The van der Waals surface area contributed by atoms with Crippen LogP contribution in [0.5, 0.6) is 0 Å². The summed E-state index contributed by atoms with van der Waals surface area (Å²) in [6.07, 6.45) is 0. The zero-order valence-corrected chi connectivity index (χ0v) is 32.2. The minimum Gasteiger partial charge on any atom is -0.310 e. The Balaban J connectivity index is 1.06. The van der Waals surface area contributed by atoms with E-state index >= 15 is 0 Å². The molecule has 0 fully saturated rings. The summed E-state index contributed by atoms with van der Waals surface area (Å²) in [4.78, 5) is 7.32. The molecule has 1 aliphatic carbocycles. The van der Waals surface area contributed by atoms with Crippen molar-refractivity contribution in [2.24, 2.45) is 0 Å². The van der Waals surface area contributed by atoms with Gasteiger partial charge in [0, 0.05) is 58.1 Å². The maximum absolute atomic E-state index is 2.44. The highest BCUT2D eigenvalue weighted by Gasteiger charge is 2.36. The first-order valence-corrected chi connectivity index (χ1v) is 20.5. The highest BCUT2D eigenvalue weighted by atomic mass is 32.2. The Morgan fingerprint density at radius 2 is 1.13 bits per heavy atom. The van der Waals surface area contributed by atoms with Crippen molar-refractivity contribution in [3.63, 3.8) is 0 Å². The molecule has 4 heteroatoms. The lowest BCUT2D eigenvalue weighted by Crippen LogP contribution is -2.17. The summed E-state index contributed by atoms with van der Waals surface area (Å²) < 4.78 is 2.66. The molecule has 0 saturated heterocycles. The summed E-state index contributed by atoms with van der Waals surface area (Å²) in [6.45, 7) is 4.72. The number of thiophene rings is 1. The van der Waals surface area contributed by atoms with Crippen molar-refractivity contribution in [1.82, 2.24) is 0 Å². The summed E-state index contributed by atoms with van der Waals surface area (Å²) in [7, 11) is 0. The first-order chi connectivity index (χ1) is 27.0. The number of nitrogens with zero attached hydrogens (tertiary/aromatic N) is 2. The van der Waals surface area contributed by atoms with Crippen LogP contribution in [0.1, 0.15) is 25.0 Å². The van der Waals surface area contributed by atoms with Gasteiger partial charge in [-0.15, -0.1) is 11.3 Å². The third kappa shape index (κ3) is 5.09. The van der Waals surface area contributed by atoms with Gasteiger partial charge < -0.3 is 9.80 Å². The Kier molecular flexibility index (Phi) is 7.35. The van der Waals surface area contributed by atoms with E-state index in [9.17, 15) is 0 Å². The molecule has 0 radical (unpaired) electrons. The van der Waals surface area contributed by atoms with E-state index in [0.29, 0.717) is 0 Å². The van der Waals surface area contributed by atoms with E-state index < -0.39 is 0 Å². The summed E-state index contributed by atoms with van der Waals surface area (Å²) in [5, 5.41) is 2.65. The van der Waals surface area contributed by atoms with Gasteiger partial charge in [0.15, 0.2) is 0 Å². The van der Waals surface area contributed by atoms with Gasteiger partial charge in [-0.3, -0.25) is 0 Å². The number of hydrogen-bond acceptors (Lipinski definition) is 4. The van der Waals surface area contributed by atoms with Crippen LogP contribution >= 0.6 is 23.1 Å². The number of fused-ring (bicyclic) bond motifs is 8. The Morgan fingerprint density at radius 3 is 2.02 bits per heavy atom. The lowest BCUT2D eigenvalue weighted by atomic mass is 9.82. The van der Waals surface area contributed by atoms with Crippen molar-refractivity contribution in [1.29, 1.82) is 0 Å². The Morgan fingerprint density at radius 1 is 0.473 bits per heavy atom. The first-order valence-electron chi connectivity index (χ1n) is 18.8. The van der Waals surface area contributed by atoms with E-state index in [0.717, 1.165) is 22.7 Å². The van der Waals surface area contributed by atoms with Crippen LogP contribution in [0, 0.1) is 0 Å². The molecule has 0 N–H and O–H groups in total. The van der Waals surface area contributed by atoms with Crippen LogP contribution in [0.2, 0.25) is 0 Å². The Bertz CT molecular complexity index is 2940. The van der Waals surface area contributed by atoms with Gasteiger partial charge >= 0.3 is 0 Å². The van der Waals surface area contributed by atoms with E-state index in [1.165, 1.54) is 74.7 Å². The number of anilines is 6. The fourth-order valence-electron chi connectivity index (χ4n) is 8.78. The molecule has 2 aliphatic rings. The van der Waals surface area contributed by atoms with Crippen molar-refractivity contribution >= 4 is 77.4 Å². The van der Waals surface area contributed by atoms with Crippen molar-refractivity contribution in [3.05, 3.63) is 193 Å². The molecule has 0 unspecified atom stereocenters. The van der Waals surface area contributed by atoms with Crippen molar-refractivity contribution in [3.8, 4) is 22.3 Å². The van der Waals surface area contributed by atoms with Gasteiger partial charge in [0.25, 0.3) is 0 Å². The summed E-state index contributed by atoms with van der Waals surface area (Å²) in [5.74, 6) is 0. The molecule has 0 bridgehead atoms. The van der Waals surface area contributed by atoms with Gasteiger partial charge in [0.2, 0.25) is 0 Å². The minimum absolute atomic E-state index is 0.105. The lowest BCUT2D eigenvalue weighted by Gasteiger charge is -2.34. The maximum Gasteiger partial charge on any atom is 0.0603 e. The molecular formula is C51H36N2S2. The van der Waals surface area contributed by atoms with Crippen LogP contribution < -0.4 is 9.80 Å². The largest absolute Gasteiger partial charge is 0.310 e. The maximum atomic E-state index is 2.44. The van der Waals surface area contributed by atoms with Crippen LogP contribution in [-0.4, -0.2) is 0 Å². The average molecular weight is 741 g/mol. The number of rotatable bonds is 5. The van der Waals surface area contributed by atoms with E-state index in [2.05, 4.69) is 206 Å². The minimum atomic E-state index is -0.105. The third-order valence-corrected chi connectivity index (χ3v) is 13.8. The monoisotopic (exact) mass is 740 g/mol. The second-order valence-electron chi connectivity index (χ2n) is 15.0. The van der Waals surface area contributed by atoms with Crippen LogP contribution in [0.15, 0.2) is 192 Å². The third-order valence-electron chi connectivity index (χ3n) is 11.4. The van der Waals surface area contributed by atoms with Crippen LogP contribution in [0.4, 0.5) is 34.1 Å². The molecule has 1 aliphatic heterocycles. The molecule has 0 spiro atoms. The molecule has 2 nitrogen and oxygen atoms in total. The summed E-state index contributed by atoms with van der Waals surface area (Å²) >= 11 is 3.73. The lowest BCUT2D eigenvalue weighted by molar-refractivity contribution is 0.660. The highest BCUT2D eigenvalue weighted by Crippen LogP contribution is 2.54. The van der Waals surface area contributed by atoms with Gasteiger partial charge in [-0.05, 0) is 106 Å². The van der Waals surface area contributed by atoms with Crippen molar-refractivity contribution in [2.75, 3.05) is 9.80 Å². The molecule has 8 aromatic carbocycles. The van der Waals surface area contributed by atoms with Crippen molar-refractivity contribution < 1.29 is 0 Å². The Hall–Kier alpha value is -6.07. The van der Waals surface area contributed by atoms with Crippen LogP contribution in [0.3, 0.4) is 0 Å². The number of benzene rings is 8. The van der Waals surface area contributed by atoms with Gasteiger partial charge in [-0.25, -0.2) is 0 Å². The van der Waals surface area contributed by atoms with Gasteiger partial charge in [-0.2, -0.15) is 0 Å². The SMILES string of the molecule is CC1(C)c2ccccc2-c2ccc(N(c3ccc(-c4cccc5c4sc4ccccc45)cc3)c3ccc4c(c3)Sc3ccccc3N4c3ccccc3)cc21. The zero-order valence-electron chi connectivity index (χ0n) is 30.5. The predicted molar refractivity (Wildman–Crippen MR) is 236 cm³/mol. The zero-order chi connectivity index (χ0) is 36.7. The fourth-order valence-corrected chi connectivity index (χ4v) is 11.1. The molecule has 262 valence electrons. The molecule has 2 heterocycles. The Labute approximate surface area is 330 Å².